The maximum atomic E-state index is 5.75. The molecule has 0 spiro atoms. The summed E-state index contributed by atoms with van der Waals surface area (Å²) in [5.41, 5.74) is 2.44. The van der Waals surface area contributed by atoms with Gasteiger partial charge in [-0.3, -0.25) is 4.90 Å². The molecule has 2 unspecified atom stereocenters. The third kappa shape index (κ3) is 3.18. The number of nitrogens with zero attached hydrogens (tertiary/aromatic N) is 1. The van der Waals surface area contributed by atoms with Gasteiger partial charge in [0.15, 0.2) is 0 Å². The lowest BCUT2D eigenvalue weighted by Crippen LogP contribution is -2.32. The van der Waals surface area contributed by atoms with Crippen molar-refractivity contribution in [2.75, 3.05) is 14.2 Å². The van der Waals surface area contributed by atoms with Crippen molar-refractivity contribution < 1.29 is 9.47 Å². The molecule has 3 nitrogen and oxygen atoms in total. The Bertz CT molecular complexity index is 474. The smallest absolute Gasteiger partial charge is 0.130 e. The molecule has 1 saturated heterocycles. The second-order valence-corrected chi connectivity index (χ2v) is 6.48. The van der Waals surface area contributed by atoms with Crippen molar-refractivity contribution in [2.45, 2.75) is 65.1 Å². The molecular formula is C18H29NO2. The molecule has 1 aromatic carbocycles. The predicted molar refractivity (Wildman–Crippen MR) is 87.3 cm³/mol. The molecule has 0 radical (unpaired) electrons. The van der Waals surface area contributed by atoms with Crippen molar-refractivity contribution in [3.8, 4) is 11.5 Å². The SMILES string of the molecule is COc1ccc(CN2C(C)CCC2C)c(OC)c1C(C)C. The Morgan fingerprint density at radius 3 is 2.19 bits per heavy atom. The van der Waals surface area contributed by atoms with Crippen molar-refractivity contribution in [3.05, 3.63) is 23.3 Å². The Morgan fingerprint density at radius 2 is 1.71 bits per heavy atom. The third-order valence-electron chi connectivity index (χ3n) is 4.73. The predicted octanol–water partition coefficient (Wildman–Crippen LogP) is 4.20. The maximum Gasteiger partial charge on any atom is 0.130 e. The molecule has 2 atom stereocenters. The van der Waals surface area contributed by atoms with E-state index >= 15 is 0 Å². The van der Waals surface area contributed by atoms with Gasteiger partial charge in [-0.1, -0.05) is 19.9 Å². The van der Waals surface area contributed by atoms with Crippen LogP contribution < -0.4 is 9.47 Å². The Balaban J connectivity index is 2.37. The lowest BCUT2D eigenvalue weighted by molar-refractivity contribution is 0.202. The van der Waals surface area contributed by atoms with Crippen molar-refractivity contribution in [2.24, 2.45) is 0 Å². The Hall–Kier alpha value is -1.22. The first kappa shape index (κ1) is 16.2. The van der Waals surface area contributed by atoms with Gasteiger partial charge in [0, 0.05) is 29.8 Å². The van der Waals surface area contributed by atoms with Gasteiger partial charge >= 0.3 is 0 Å². The van der Waals surface area contributed by atoms with E-state index in [1.165, 1.54) is 24.0 Å². The van der Waals surface area contributed by atoms with E-state index in [-0.39, 0.29) is 0 Å². The third-order valence-corrected chi connectivity index (χ3v) is 4.73. The summed E-state index contributed by atoms with van der Waals surface area (Å²) < 4.78 is 11.3. The lowest BCUT2D eigenvalue weighted by atomic mass is 9.97. The van der Waals surface area contributed by atoms with Gasteiger partial charge < -0.3 is 9.47 Å². The molecule has 1 fully saturated rings. The van der Waals surface area contributed by atoms with Crippen molar-refractivity contribution in [1.82, 2.24) is 4.90 Å². The summed E-state index contributed by atoms with van der Waals surface area (Å²) >= 11 is 0. The van der Waals surface area contributed by atoms with Gasteiger partial charge in [-0.15, -0.1) is 0 Å². The minimum Gasteiger partial charge on any atom is -0.496 e. The highest BCUT2D eigenvalue weighted by Gasteiger charge is 2.28. The first-order valence-electron chi connectivity index (χ1n) is 7.99. The number of ether oxygens (including phenoxy) is 2. The normalized spacial score (nSPS) is 22.8. The Labute approximate surface area is 129 Å². The molecule has 0 amide bonds. The van der Waals surface area contributed by atoms with Gasteiger partial charge in [-0.05, 0) is 38.7 Å². The van der Waals surface area contributed by atoms with Crippen molar-refractivity contribution in [1.29, 1.82) is 0 Å². The first-order valence-corrected chi connectivity index (χ1v) is 7.99. The van der Waals surface area contributed by atoms with Crippen LogP contribution in [0.3, 0.4) is 0 Å². The number of likely N-dealkylation sites (tertiary alicyclic amines) is 1. The molecule has 118 valence electrons. The van der Waals surface area contributed by atoms with Gasteiger partial charge in [0.25, 0.3) is 0 Å². The van der Waals surface area contributed by atoms with Crippen LogP contribution in [0.4, 0.5) is 0 Å². The summed E-state index contributed by atoms with van der Waals surface area (Å²) in [5, 5.41) is 0. The standard InChI is InChI=1S/C18H29NO2/c1-12(2)17-16(20-5)10-9-15(18(17)21-6)11-19-13(3)7-8-14(19)4/h9-10,12-14H,7-8,11H2,1-6H3. The van der Waals surface area contributed by atoms with E-state index in [4.69, 9.17) is 9.47 Å². The topological polar surface area (TPSA) is 21.7 Å². The highest BCUT2D eigenvalue weighted by molar-refractivity contribution is 5.51. The fraction of sp³-hybridized carbons (Fsp3) is 0.667. The van der Waals surface area contributed by atoms with Crippen LogP contribution in [0.2, 0.25) is 0 Å². The van der Waals surface area contributed by atoms with E-state index in [1.54, 1.807) is 14.2 Å². The molecular weight excluding hydrogens is 262 g/mol. The minimum atomic E-state index is 0.378. The zero-order chi connectivity index (χ0) is 15.6. The van der Waals surface area contributed by atoms with E-state index in [9.17, 15) is 0 Å². The fourth-order valence-electron chi connectivity index (χ4n) is 3.47. The van der Waals surface area contributed by atoms with Crippen LogP contribution in [-0.2, 0) is 6.54 Å². The Kier molecular flexibility index (Phi) is 5.15. The first-order chi connectivity index (χ1) is 9.99. The molecule has 0 aliphatic carbocycles. The van der Waals surface area contributed by atoms with Crippen LogP contribution in [0.25, 0.3) is 0 Å². The summed E-state index contributed by atoms with van der Waals surface area (Å²) in [6.07, 6.45) is 2.58. The van der Waals surface area contributed by atoms with E-state index in [2.05, 4.69) is 44.7 Å². The Morgan fingerprint density at radius 1 is 1.10 bits per heavy atom. The summed E-state index contributed by atoms with van der Waals surface area (Å²) in [6, 6.07) is 5.53. The summed E-state index contributed by atoms with van der Waals surface area (Å²) in [7, 11) is 3.49. The van der Waals surface area contributed by atoms with Gasteiger partial charge in [-0.25, -0.2) is 0 Å². The summed E-state index contributed by atoms with van der Waals surface area (Å²) in [5.74, 6) is 2.30. The fourth-order valence-corrected chi connectivity index (χ4v) is 3.47. The molecule has 21 heavy (non-hydrogen) atoms. The van der Waals surface area contributed by atoms with Crippen LogP contribution in [0.5, 0.6) is 11.5 Å². The van der Waals surface area contributed by atoms with Crippen LogP contribution >= 0.6 is 0 Å². The van der Waals surface area contributed by atoms with E-state index in [0.717, 1.165) is 18.0 Å². The van der Waals surface area contributed by atoms with Gasteiger partial charge in [0.2, 0.25) is 0 Å². The molecule has 1 aromatic rings. The summed E-state index contributed by atoms with van der Waals surface area (Å²) in [6.45, 7) is 9.97. The second kappa shape index (κ2) is 6.69. The molecule has 3 heteroatoms. The molecule has 1 aliphatic rings. The second-order valence-electron chi connectivity index (χ2n) is 6.48. The number of hydrogen-bond donors (Lipinski definition) is 0. The van der Waals surface area contributed by atoms with Crippen molar-refractivity contribution >= 4 is 0 Å². The van der Waals surface area contributed by atoms with Crippen LogP contribution in [0.15, 0.2) is 12.1 Å². The zero-order valence-electron chi connectivity index (χ0n) is 14.3. The lowest BCUT2D eigenvalue weighted by Gasteiger charge is -2.28. The molecule has 2 rings (SSSR count). The van der Waals surface area contributed by atoms with Crippen LogP contribution in [0, 0.1) is 0 Å². The van der Waals surface area contributed by atoms with E-state index in [0.29, 0.717) is 18.0 Å². The largest absolute Gasteiger partial charge is 0.496 e. The number of benzene rings is 1. The molecule has 0 saturated carbocycles. The zero-order valence-corrected chi connectivity index (χ0v) is 14.3. The van der Waals surface area contributed by atoms with Crippen LogP contribution in [0.1, 0.15) is 57.6 Å². The van der Waals surface area contributed by atoms with Gasteiger partial charge in [-0.2, -0.15) is 0 Å². The average Bonchev–Trinajstić information content (AvgIpc) is 2.78. The monoisotopic (exact) mass is 291 g/mol. The molecule has 0 N–H and O–H groups in total. The molecule has 1 aliphatic heterocycles. The van der Waals surface area contributed by atoms with E-state index < -0.39 is 0 Å². The van der Waals surface area contributed by atoms with Gasteiger partial charge in [0.05, 0.1) is 14.2 Å². The highest BCUT2D eigenvalue weighted by Crippen LogP contribution is 2.39. The average molecular weight is 291 g/mol. The molecule has 0 bridgehead atoms. The molecule has 0 aromatic heterocycles. The quantitative estimate of drug-likeness (QED) is 0.811. The van der Waals surface area contributed by atoms with E-state index in [1.807, 2.05) is 0 Å². The molecule has 1 heterocycles. The highest BCUT2D eigenvalue weighted by atomic mass is 16.5. The number of hydrogen-bond acceptors (Lipinski definition) is 3. The number of methoxy groups -OCH3 is 2. The number of rotatable bonds is 5. The van der Waals surface area contributed by atoms with Crippen molar-refractivity contribution in [3.63, 3.8) is 0 Å². The summed E-state index contributed by atoms with van der Waals surface area (Å²) in [4.78, 5) is 2.58. The maximum absolute atomic E-state index is 5.75. The van der Waals surface area contributed by atoms with Gasteiger partial charge in [0.1, 0.15) is 11.5 Å². The minimum absolute atomic E-state index is 0.378. The van der Waals surface area contributed by atoms with Crippen LogP contribution in [-0.4, -0.2) is 31.2 Å².